The molecule has 38 heavy (non-hydrogen) atoms. The molecule has 0 saturated heterocycles. The molecule has 0 atom stereocenters. The van der Waals surface area contributed by atoms with Gasteiger partial charge in [-0.05, 0) is 56.1 Å². The van der Waals surface area contributed by atoms with Crippen LogP contribution in [-0.4, -0.2) is 5.29 Å². The Balaban J connectivity index is 1.93. The smallest absolute Gasteiger partial charge is 0.00921 e. The van der Waals surface area contributed by atoms with E-state index in [4.69, 9.17) is 5.09 Å². The summed E-state index contributed by atoms with van der Waals surface area (Å²) in [4.78, 5) is 0. The van der Waals surface area contributed by atoms with E-state index < -0.39 is 7.04 Å². The summed E-state index contributed by atoms with van der Waals surface area (Å²) in [6.07, 6.45) is 6.25. The Morgan fingerprint density at radius 1 is 0.605 bits per heavy atom. The van der Waals surface area contributed by atoms with Gasteiger partial charge >= 0.3 is 0 Å². The lowest BCUT2D eigenvalue weighted by Gasteiger charge is -2.47. The standard InChI is InChI=1S/C36H43NP/c1-25(2)30-20-15-21-31(26(3)4)34(30)37-38(27-16-11-9-12-17-27,28-18-13-10-14-19-28)29-22-32-33(23-29)36(7,8)24-35(32,5)6/h9-23,25-26H,24H2,1-8H3/q-1. The number of fused-ring (bicyclic) bond motifs is 1. The van der Waals surface area contributed by atoms with E-state index in [-0.39, 0.29) is 10.8 Å². The molecule has 0 radical (unpaired) electrons. The minimum absolute atomic E-state index is 0.152. The third kappa shape index (κ3) is 4.44. The van der Waals surface area contributed by atoms with Crippen molar-refractivity contribution in [2.75, 3.05) is 0 Å². The molecule has 0 aliphatic heterocycles. The molecule has 0 unspecified atom stereocenters. The van der Waals surface area contributed by atoms with Gasteiger partial charge in [0, 0.05) is 0 Å². The predicted molar refractivity (Wildman–Crippen MR) is 170 cm³/mol. The van der Waals surface area contributed by atoms with E-state index in [1.807, 2.05) is 0 Å². The van der Waals surface area contributed by atoms with E-state index >= 15 is 0 Å². The summed E-state index contributed by atoms with van der Waals surface area (Å²) in [5.74, 6) is 0.784. The van der Waals surface area contributed by atoms with Crippen molar-refractivity contribution in [1.82, 2.24) is 0 Å². The lowest BCUT2D eigenvalue weighted by atomic mass is 9.83. The lowest BCUT2D eigenvalue weighted by molar-refractivity contribution is 0.338. The molecule has 0 heterocycles. The van der Waals surface area contributed by atoms with Crippen molar-refractivity contribution in [3.63, 3.8) is 0 Å². The van der Waals surface area contributed by atoms with Crippen LogP contribution in [0.3, 0.4) is 0 Å². The fourth-order valence-corrected chi connectivity index (χ4v) is 10.4. The number of allylic oxidation sites excluding steroid dienone is 4. The molecule has 1 fully saturated rings. The molecule has 1 saturated carbocycles. The van der Waals surface area contributed by atoms with Crippen LogP contribution in [0.1, 0.15) is 84.8 Å². The maximum Gasteiger partial charge on any atom is -0.00921 e. The Morgan fingerprint density at radius 3 is 1.42 bits per heavy atom. The maximum absolute atomic E-state index is 6.06. The first-order chi connectivity index (χ1) is 18.0. The van der Waals surface area contributed by atoms with Gasteiger partial charge in [0.15, 0.2) is 0 Å². The molecule has 3 aromatic rings. The van der Waals surface area contributed by atoms with Gasteiger partial charge in [-0.2, -0.15) is 0 Å². The van der Waals surface area contributed by atoms with Crippen LogP contribution in [0.5, 0.6) is 0 Å². The molecule has 2 aliphatic rings. The molecule has 5 rings (SSSR count). The Bertz CT molecular complexity index is 1350. The van der Waals surface area contributed by atoms with Crippen molar-refractivity contribution >= 4 is 28.6 Å². The van der Waals surface area contributed by atoms with Crippen LogP contribution >= 0.6 is 7.04 Å². The summed E-state index contributed by atoms with van der Waals surface area (Å²) in [6.45, 7) is 18.8. The molecular weight excluding hydrogens is 477 g/mol. The number of hydrogen-bond donors (Lipinski definition) is 0. The Labute approximate surface area is 231 Å². The van der Waals surface area contributed by atoms with Crippen LogP contribution in [0.15, 0.2) is 102 Å². The Hall–Kier alpha value is -2.76. The van der Waals surface area contributed by atoms with Crippen molar-refractivity contribution in [1.29, 1.82) is 0 Å². The van der Waals surface area contributed by atoms with E-state index in [0.29, 0.717) is 11.8 Å². The van der Waals surface area contributed by atoms with Crippen LogP contribution in [0.2, 0.25) is 0 Å². The van der Waals surface area contributed by atoms with Crippen molar-refractivity contribution in [2.24, 2.45) is 10.8 Å². The highest BCUT2D eigenvalue weighted by Gasteiger charge is 2.46. The molecule has 0 bridgehead atoms. The van der Waals surface area contributed by atoms with Gasteiger partial charge in [-0.15, -0.1) is 12.7 Å². The normalized spacial score (nSPS) is 18.0. The van der Waals surface area contributed by atoms with Gasteiger partial charge in [-0.25, -0.2) is 0 Å². The summed E-state index contributed by atoms with van der Waals surface area (Å²) in [5, 5.41) is 10.1. The average Bonchev–Trinajstić information content (AvgIpc) is 3.42. The van der Waals surface area contributed by atoms with E-state index in [0.717, 1.165) is 0 Å². The fourth-order valence-electron chi connectivity index (χ4n) is 6.78. The summed E-state index contributed by atoms with van der Waals surface area (Å²) in [5.41, 5.74) is 7.19. The minimum Gasteiger partial charge on any atom is -0.651 e. The summed E-state index contributed by atoms with van der Waals surface area (Å²) < 4.78 is 0. The summed E-state index contributed by atoms with van der Waals surface area (Å²) >= 11 is 0. The van der Waals surface area contributed by atoms with E-state index in [1.54, 1.807) is 0 Å². The molecule has 198 valence electrons. The van der Waals surface area contributed by atoms with E-state index in [9.17, 15) is 0 Å². The Morgan fingerprint density at radius 2 is 1.03 bits per heavy atom. The van der Waals surface area contributed by atoms with E-state index in [1.165, 1.54) is 50.3 Å². The number of rotatable bonds is 6. The first kappa shape index (κ1) is 26.8. The van der Waals surface area contributed by atoms with Gasteiger partial charge < -0.3 is 5.09 Å². The van der Waals surface area contributed by atoms with Crippen molar-refractivity contribution < 1.29 is 0 Å². The highest BCUT2D eigenvalue weighted by atomic mass is 31.2. The zero-order valence-corrected chi connectivity index (χ0v) is 25.3. The molecule has 1 nitrogen and oxygen atoms in total. The van der Waals surface area contributed by atoms with Crippen LogP contribution in [-0.2, 0) is 0 Å². The first-order valence-electron chi connectivity index (χ1n) is 14.2. The highest BCUT2D eigenvalue weighted by Crippen LogP contribution is 2.64. The highest BCUT2D eigenvalue weighted by molar-refractivity contribution is 7.92. The van der Waals surface area contributed by atoms with Gasteiger partial charge in [0.1, 0.15) is 0 Å². The number of nitrogens with zero attached hydrogens (tertiary/aromatic N) is 1. The second-order valence-corrected chi connectivity index (χ2v) is 16.0. The quantitative estimate of drug-likeness (QED) is 0.287. The number of hydrogen-bond acceptors (Lipinski definition) is 0. The molecule has 2 aliphatic carbocycles. The lowest BCUT2D eigenvalue weighted by Crippen LogP contribution is -2.21. The fraction of sp³-hybridized carbons (Fsp3) is 0.361. The monoisotopic (exact) mass is 520 g/mol. The average molecular weight is 521 g/mol. The van der Waals surface area contributed by atoms with Gasteiger partial charge in [0.2, 0.25) is 0 Å². The molecule has 0 amide bonds. The SMILES string of the molecule is CC(C)c1cccc(C(C)C)c1[N-]P(=C1C=C2C(=C1)C(C)(C)CC2(C)C)(c1ccccc1)c1ccccc1. The van der Waals surface area contributed by atoms with Gasteiger partial charge in [0.05, 0.1) is 0 Å². The van der Waals surface area contributed by atoms with Crippen LogP contribution in [0.4, 0.5) is 5.69 Å². The van der Waals surface area contributed by atoms with Crippen LogP contribution in [0.25, 0.3) is 5.09 Å². The van der Waals surface area contributed by atoms with Gasteiger partial charge in [-0.3, -0.25) is 0 Å². The van der Waals surface area contributed by atoms with Crippen molar-refractivity contribution in [3.8, 4) is 0 Å². The summed E-state index contributed by atoms with van der Waals surface area (Å²) in [7, 11) is -2.38. The molecule has 0 aromatic heterocycles. The first-order valence-corrected chi connectivity index (χ1v) is 15.9. The molecule has 2 heteroatoms. The number of benzene rings is 3. The summed E-state index contributed by atoms with van der Waals surface area (Å²) in [6, 6.07) is 29.0. The van der Waals surface area contributed by atoms with Gasteiger partial charge in [-0.1, -0.05) is 158 Å². The predicted octanol–water partition coefficient (Wildman–Crippen LogP) is 10.0. The second kappa shape index (κ2) is 9.77. The largest absolute Gasteiger partial charge is 0.651 e. The van der Waals surface area contributed by atoms with Crippen molar-refractivity contribution in [3.05, 3.63) is 118 Å². The maximum atomic E-state index is 6.06. The third-order valence-electron chi connectivity index (χ3n) is 8.44. The minimum atomic E-state index is -2.38. The molecule has 0 N–H and O–H groups in total. The van der Waals surface area contributed by atoms with E-state index in [2.05, 4.69) is 146 Å². The zero-order valence-electron chi connectivity index (χ0n) is 24.4. The molecule has 3 aromatic carbocycles. The molecule has 0 spiro atoms. The van der Waals surface area contributed by atoms with Crippen LogP contribution < -0.4 is 10.6 Å². The second-order valence-electron chi connectivity index (χ2n) is 13.0. The zero-order chi connectivity index (χ0) is 27.3. The molecular formula is C36H43NP-. The third-order valence-corrected chi connectivity index (χ3v) is 12.0. The van der Waals surface area contributed by atoms with Crippen LogP contribution in [0, 0.1) is 10.8 Å². The van der Waals surface area contributed by atoms with Crippen molar-refractivity contribution in [2.45, 2.75) is 73.6 Å². The Kier molecular flexibility index (Phi) is 6.90. The topological polar surface area (TPSA) is 14.1 Å². The van der Waals surface area contributed by atoms with Gasteiger partial charge in [0.25, 0.3) is 0 Å².